The molecule has 1 aromatic heterocycles. The summed E-state index contributed by atoms with van der Waals surface area (Å²) < 4.78 is 4.82. The maximum Gasteiger partial charge on any atom is 0.310 e. The number of amides is 1. The molecule has 1 amide bonds. The minimum atomic E-state index is -0.238. The normalized spacial score (nSPS) is 25.3. The summed E-state index contributed by atoms with van der Waals surface area (Å²) in [6, 6.07) is 1.72. The number of rotatable bonds is 4. The molecule has 0 aromatic carbocycles. The summed E-state index contributed by atoms with van der Waals surface area (Å²) in [5, 5.41) is 10.1. The van der Waals surface area contributed by atoms with E-state index in [2.05, 4.69) is 15.5 Å². The van der Waals surface area contributed by atoms with Crippen molar-refractivity contribution in [1.82, 2.24) is 15.5 Å². The molecule has 1 aromatic rings. The first-order valence-corrected chi connectivity index (χ1v) is 8.63. The van der Waals surface area contributed by atoms with Gasteiger partial charge in [-0.1, -0.05) is 25.7 Å². The minimum absolute atomic E-state index is 0.148. The Hall–Kier alpha value is -1.85. The topological polar surface area (TPSA) is 84.1 Å². The monoisotopic (exact) mass is 319 g/mol. The zero-order valence-corrected chi connectivity index (χ0v) is 13.6. The van der Waals surface area contributed by atoms with Crippen molar-refractivity contribution in [3.05, 3.63) is 17.5 Å². The third-order valence-corrected chi connectivity index (χ3v) is 5.21. The van der Waals surface area contributed by atoms with Crippen LogP contribution in [0.25, 0.3) is 0 Å². The lowest BCUT2D eigenvalue weighted by Gasteiger charge is -2.19. The number of aromatic nitrogens is 2. The van der Waals surface area contributed by atoms with Gasteiger partial charge in [0, 0.05) is 17.7 Å². The number of nitrogens with one attached hydrogen (secondary N) is 2. The number of aromatic amines is 1. The largest absolute Gasteiger partial charge is 0.469 e. The van der Waals surface area contributed by atoms with Crippen molar-refractivity contribution in [3.8, 4) is 0 Å². The van der Waals surface area contributed by atoms with E-state index in [0.29, 0.717) is 11.6 Å². The van der Waals surface area contributed by atoms with E-state index in [1.54, 1.807) is 0 Å². The lowest BCUT2D eigenvalue weighted by Crippen LogP contribution is -2.40. The SMILES string of the molecule is COC(=O)[C@@H]1CCC[C@@H]1NC(=O)c1cc(C2CCCCC2)[nH]n1. The van der Waals surface area contributed by atoms with Crippen LogP contribution in [0.4, 0.5) is 0 Å². The molecule has 6 nitrogen and oxygen atoms in total. The van der Waals surface area contributed by atoms with Gasteiger partial charge in [0.05, 0.1) is 13.0 Å². The highest BCUT2D eigenvalue weighted by molar-refractivity contribution is 5.93. The van der Waals surface area contributed by atoms with Gasteiger partial charge >= 0.3 is 5.97 Å². The standard InChI is InChI=1S/C17H25N3O3/c1-23-17(22)12-8-5-9-13(12)18-16(21)15-10-14(19-20-15)11-6-3-2-4-7-11/h10-13H,2-9H2,1H3,(H,18,21)(H,19,20)/t12-,13+/m1/s1. The predicted octanol–water partition coefficient (Wildman–Crippen LogP) is 2.53. The molecule has 1 heterocycles. The van der Waals surface area contributed by atoms with E-state index in [9.17, 15) is 9.59 Å². The summed E-state index contributed by atoms with van der Waals surface area (Å²) >= 11 is 0. The average molecular weight is 319 g/mol. The second-order valence-corrected chi connectivity index (χ2v) is 6.68. The van der Waals surface area contributed by atoms with Crippen molar-refractivity contribution in [2.45, 2.75) is 63.3 Å². The molecule has 2 aliphatic carbocycles. The molecule has 2 saturated carbocycles. The van der Waals surface area contributed by atoms with Crippen molar-refractivity contribution < 1.29 is 14.3 Å². The van der Waals surface area contributed by atoms with E-state index >= 15 is 0 Å². The Labute approximate surface area is 136 Å². The Morgan fingerprint density at radius 1 is 1.17 bits per heavy atom. The molecule has 6 heteroatoms. The van der Waals surface area contributed by atoms with Crippen molar-refractivity contribution in [2.75, 3.05) is 7.11 Å². The summed E-state index contributed by atoms with van der Waals surface area (Å²) in [4.78, 5) is 24.2. The fourth-order valence-electron chi connectivity index (χ4n) is 3.88. The zero-order valence-electron chi connectivity index (χ0n) is 13.6. The predicted molar refractivity (Wildman–Crippen MR) is 85.0 cm³/mol. The van der Waals surface area contributed by atoms with Crippen LogP contribution < -0.4 is 5.32 Å². The fraction of sp³-hybridized carbons (Fsp3) is 0.706. The quantitative estimate of drug-likeness (QED) is 0.835. The molecular weight excluding hydrogens is 294 g/mol. The molecule has 0 spiro atoms. The molecule has 2 N–H and O–H groups in total. The molecule has 23 heavy (non-hydrogen) atoms. The fourth-order valence-corrected chi connectivity index (χ4v) is 3.88. The molecule has 2 aliphatic rings. The van der Waals surface area contributed by atoms with Crippen molar-refractivity contribution in [2.24, 2.45) is 5.92 Å². The highest BCUT2D eigenvalue weighted by Gasteiger charge is 2.35. The van der Waals surface area contributed by atoms with Gasteiger partial charge in [0.25, 0.3) is 5.91 Å². The Bertz CT molecular complexity index is 563. The number of hydrogen-bond donors (Lipinski definition) is 2. The maximum absolute atomic E-state index is 12.4. The molecule has 2 fully saturated rings. The first kappa shape index (κ1) is 16.0. The van der Waals surface area contributed by atoms with E-state index in [1.165, 1.54) is 26.4 Å². The van der Waals surface area contributed by atoms with E-state index in [4.69, 9.17) is 4.74 Å². The van der Waals surface area contributed by atoms with E-state index in [1.807, 2.05) is 6.07 Å². The van der Waals surface area contributed by atoms with Crippen LogP contribution in [0.2, 0.25) is 0 Å². The smallest absolute Gasteiger partial charge is 0.310 e. The van der Waals surface area contributed by atoms with Gasteiger partial charge in [-0.15, -0.1) is 0 Å². The Morgan fingerprint density at radius 2 is 1.96 bits per heavy atom. The number of H-pyrrole nitrogens is 1. The first-order valence-electron chi connectivity index (χ1n) is 8.63. The summed E-state index contributed by atoms with van der Waals surface area (Å²) in [6.07, 6.45) is 8.62. The molecule has 0 unspecified atom stereocenters. The Kier molecular flexibility index (Phi) is 4.98. The molecule has 3 rings (SSSR count). The van der Waals surface area contributed by atoms with Crippen LogP contribution in [0.15, 0.2) is 6.07 Å². The molecular formula is C17H25N3O3. The van der Waals surface area contributed by atoms with Gasteiger partial charge in [-0.2, -0.15) is 5.10 Å². The van der Waals surface area contributed by atoms with Crippen LogP contribution in [0.3, 0.4) is 0 Å². The summed E-state index contributed by atoms with van der Waals surface area (Å²) in [5.41, 5.74) is 1.48. The number of hydrogen-bond acceptors (Lipinski definition) is 4. The average Bonchev–Trinajstić information content (AvgIpc) is 3.24. The van der Waals surface area contributed by atoms with Gasteiger partial charge in [-0.05, 0) is 31.7 Å². The van der Waals surface area contributed by atoms with Gasteiger partial charge < -0.3 is 10.1 Å². The van der Waals surface area contributed by atoms with Crippen LogP contribution in [-0.2, 0) is 9.53 Å². The number of carbonyl (C=O) groups excluding carboxylic acids is 2. The Morgan fingerprint density at radius 3 is 2.70 bits per heavy atom. The molecule has 126 valence electrons. The van der Waals surface area contributed by atoms with Crippen molar-refractivity contribution >= 4 is 11.9 Å². The molecule has 0 radical (unpaired) electrons. The van der Waals surface area contributed by atoms with Crippen molar-refractivity contribution in [3.63, 3.8) is 0 Å². The number of ether oxygens (including phenoxy) is 1. The highest BCUT2D eigenvalue weighted by Crippen LogP contribution is 2.32. The molecule has 0 bridgehead atoms. The maximum atomic E-state index is 12.4. The third kappa shape index (κ3) is 3.57. The van der Waals surface area contributed by atoms with Crippen molar-refractivity contribution in [1.29, 1.82) is 0 Å². The molecule has 0 saturated heterocycles. The van der Waals surface area contributed by atoms with Crippen LogP contribution in [0.5, 0.6) is 0 Å². The highest BCUT2D eigenvalue weighted by atomic mass is 16.5. The second kappa shape index (κ2) is 7.15. The first-order chi connectivity index (χ1) is 11.2. The third-order valence-electron chi connectivity index (χ3n) is 5.21. The summed E-state index contributed by atoms with van der Waals surface area (Å²) in [6.45, 7) is 0. The van der Waals surface area contributed by atoms with E-state index in [0.717, 1.165) is 37.8 Å². The lowest BCUT2D eigenvalue weighted by atomic mass is 9.87. The molecule has 2 atom stereocenters. The minimum Gasteiger partial charge on any atom is -0.469 e. The zero-order chi connectivity index (χ0) is 16.2. The summed E-state index contributed by atoms with van der Waals surface area (Å²) in [5.74, 6) is -0.186. The van der Waals surface area contributed by atoms with Crippen LogP contribution >= 0.6 is 0 Å². The van der Waals surface area contributed by atoms with Crippen LogP contribution in [0.1, 0.15) is 73.5 Å². The number of nitrogens with zero attached hydrogens (tertiary/aromatic N) is 1. The Balaban J connectivity index is 1.62. The van der Waals surface area contributed by atoms with E-state index in [-0.39, 0.29) is 23.8 Å². The van der Waals surface area contributed by atoms with Gasteiger partial charge in [-0.25, -0.2) is 0 Å². The van der Waals surface area contributed by atoms with Crippen LogP contribution in [0, 0.1) is 5.92 Å². The lowest BCUT2D eigenvalue weighted by molar-refractivity contribution is -0.145. The van der Waals surface area contributed by atoms with Crippen LogP contribution in [-0.4, -0.2) is 35.2 Å². The van der Waals surface area contributed by atoms with Gasteiger partial charge in [0.2, 0.25) is 0 Å². The summed E-state index contributed by atoms with van der Waals surface area (Å²) in [7, 11) is 1.39. The number of esters is 1. The number of methoxy groups -OCH3 is 1. The second-order valence-electron chi connectivity index (χ2n) is 6.68. The van der Waals surface area contributed by atoms with Gasteiger partial charge in [0.1, 0.15) is 5.69 Å². The van der Waals surface area contributed by atoms with Gasteiger partial charge in [-0.3, -0.25) is 14.7 Å². The van der Waals surface area contributed by atoms with Gasteiger partial charge in [0.15, 0.2) is 0 Å². The molecule has 0 aliphatic heterocycles. The van der Waals surface area contributed by atoms with E-state index < -0.39 is 0 Å². The number of carbonyl (C=O) groups is 2.